The van der Waals surface area contributed by atoms with Crippen LogP contribution in [-0.2, 0) is 0 Å². The average Bonchev–Trinajstić information content (AvgIpc) is 2.49. The van der Waals surface area contributed by atoms with E-state index in [1.807, 2.05) is 25.1 Å². The lowest BCUT2D eigenvalue weighted by Crippen LogP contribution is -2.04. The van der Waals surface area contributed by atoms with Crippen LogP contribution in [0.4, 0.5) is 0 Å². The molecule has 1 aromatic carbocycles. The van der Waals surface area contributed by atoms with E-state index in [1.54, 1.807) is 0 Å². The van der Waals surface area contributed by atoms with E-state index < -0.39 is 0 Å². The van der Waals surface area contributed by atoms with Crippen LogP contribution in [0.3, 0.4) is 0 Å². The van der Waals surface area contributed by atoms with Crippen LogP contribution in [0.1, 0.15) is 18.5 Å². The van der Waals surface area contributed by atoms with Crippen LogP contribution in [0.5, 0.6) is 0 Å². The maximum atomic E-state index is 5.69. The number of hydrogen-bond acceptors (Lipinski definition) is 4. The van der Waals surface area contributed by atoms with Gasteiger partial charge in [-0.15, -0.1) is 0 Å². The summed E-state index contributed by atoms with van der Waals surface area (Å²) in [6.07, 6.45) is 0. The van der Waals surface area contributed by atoms with Gasteiger partial charge in [-0.1, -0.05) is 6.07 Å². The zero-order valence-corrected chi connectivity index (χ0v) is 6.69. The van der Waals surface area contributed by atoms with Crippen molar-refractivity contribution in [3.8, 4) is 0 Å². The molecule has 0 amide bonds. The van der Waals surface area contributed by atoms with Crippen LogP contribution in [0.25, 0.3) is 11.0 Å². The van der Waals surface area contributed by atoms with Crippen molar-refractivity contribution in [2.45, 2.75) is 13.0 Å². The van der Waals surface area contributed by atoms with Gasteiger partial charge < -0.3 is 5.73 Å². The van der Waals surface area contributed by atoms with Crippen molar-refractivity contribution < 1.29 is 4.63 Å². The largest absolute Gasteiger partial charge is 0.324 e. The summed E-state index contributed by atoms with van der Waals surface area (Å²) in [5.74, 6) is 0. The van der Waals surface area contributed by atoms with E-state index in [-0.39, 0.29) is 6.04 Å². The molecule has 4 nitrogen and oxygen atoms in total. The third kappa shape index (κ3) is 1.06. The van der Waals surface area contributed by atoms with Crippen LogP contribution in [0.2, 0.25) is 0 Å². The fourth-order valence-corrected chi connectivity index (χ4v) is 1.08. The number of rotatable bonds is 1. The maximum Gasteiger partial charge on any atom is 0.135 e. The lowest BCUT2D eigenvalue weighted by molar-refractivity contribution is 0.315. The van der Waals surface area contributed by atoms with Crippen molar-refractivity contribution in [1.82, 2.24) is 10.3 Å². The standard InChI is InChI=1S/C8H9N3O/c1-5(9)6-2-3-7-8(4-6)11-12-10-7/h2-5H,9H2,1H3/t5-/m1/s1. The summed E-state index contributed by atoms with van der Waals surface area (Å²) in [5, 5.41) is 7.41. The van der Waals surface area contributed by atoms with Crippen molar-refractivity contribution in [1.29, 1.82) is 0 Å². The molecule has 0 aliphatic rings. The highest BCUT2D eigenvalue weighted by Gasteiger charge is 2.03. The molecule has 2 N–H and O–H groups in total. The van der Waals surface area contributed by atoms with Gasteiger partial charge in [0.1, 0.15) is 11.0 Å². The van der Waals surface area contributed by atoms with Crippen LogP contribution in [0, 0.1) is 0 Å². The molecule has 0 radical (unpaired) electrons. The Bertz CT molecular complexity index is 394. The van der Waals surface area contributed by atoms with E-state index in [0.717, 1.165) is 16.6 Å². The molecule has 0 saturated heterocycles. The summed E-state index contributed by atoms with van der Waals surface area (Å²) in [6, 6.07) is 5.68. The number of benzene rings is 1. The number of hydrogen-bond donors (Lipinski definition) is 1. The Morgan fingerprint density at radius 3 is 2.83 bits per heavy atom. The molecule has 1 aromatic heterocycles. The normalized spacial score (nSPS) is 13.5. The Balaban J connectivity index is 2.60. The summed E-state index contributed by atoms with van der Waals surface area (Å²) in [4.78, 5) is 0. The number of aromatic nitrogens is 2. The van der Waals surface area contributed by atoms with Gasteiger partial charge in [0.25, 0.3) is 0 Å². The first-order chi connectivity index (χ1) is 5.77. The fraction of sp³-hybridized carbons (Fsp3) is 0.250. The van der Waals surface area contributed by atoms with E-state index in [2.05, 4.69) is 14.9 Å². The van der Waals surface area contributed by atoms with E-state index in [4.69, 9.17) is 5.73 Å². The molecule has 1 heterocycles. The molecular weight excluding hydrogens is 154 g/mol. The molecule has 4 heteroatoms. The molecule has 2 aromatic rings. The lowest BCUT2D eigenvalue weighted by Gasteiger charge is -2.02. The Hall–Kier alpha value is -1.42. The highest BCUT2D eigenvalue weighted by atomic mass is 16.6. The summed E-state index contributed by atoms with van der Waals surface area (Å²) < 4.78 is 4.56. The summed E-state index contributed by atoms with van der Waals surface area (Å²) in [5.41, 5.74) is 8.25. The second-order valence-corrected chi connectivity index (χ2v) is 2.80. The average molecular weight is 163 g/mol. The lowest BCUT2D eigenvalue weighted by atomic mass is 10.1. The number of nitrogens with two attached hydrogens (primary N) is 1. The Morgan fingerprint density at radius 2 is 2.08 bits per heavy atom. The van der Waals surface area contributed by atoms with Crippen molar-refractivity contribution in [2.24, 2.45) is 5.73 Å². The fourth-order valence-electron chi connectivity index (χ4n) is 1.08. The highest BCUT2D eigenvalue weighted by molar-refractivity contribution is 5.73. The second-order valence-electron chi connectivity index (χ2n) is 2.80. The summed E-state index contributed by atoms with van der Waals surface area (Å²) >= 11 is 0. The van der Waals surface area contributed by atoms with Gasteiger partial charge in [0.05, 0.1) is 0 Å². The molecule has 1 atom stereocenters. The number of fused-ring (bicyclic) bond motifs is 1. The summed E-state index contributed by atoms with van der Waals surface area (Å²) in [6.45, 7) is 1.93. The summed E-state index contributed by atoms with van der Waals surface area (Å²) in [7, 11) is 0. The van der Waals surface area contributed by atoms with Crippen molar-refractivity contribution in [2.75, 3.05) is 0 Å². The van der Waals surface area contributed by atoms with Gasteiger partial charge in [-0.25, -0.2) is 4.63 Å². The Morgan fingerprint density at radius 1 is 1.33 bits per heavy atom. The molecule has 0 aliphatic carbocycles. The van der Waals surface area contributed by atoms with Gasteiger partial charge in [0.15, 0.2) is 0 Å². The van der Waals surface area contributed by atoms with E-state index in [0.29, 0.717) is 0 Å². The van der Waals surface area contributed by atoms with Crippen molar-refractivity contribution in [3.05, 3.63) is 23.8 Å². The van der Waals surface area contributed by atoms with Crippen LogP contribution < -0.4 is 5.73 Å². The minimum atomic E-state index is 0.0195. The predicted octanol–water partition coefficient (Wildman–Crippen LogP) is 1.24. The predicted molar refractivity (Wildman–Crippen MR) is 44.4 cm³/mol. The topological polar surface area (TPSA) is 64.9 Å². The first-order valence-electron chi connectivity index (χ1n) is 3.75. The minimum Gasteiger partial charge on any atom is -0.324 e. The molecule has 0 fully saturated rings. The Labute approximate surface area is 69.3 Å². The smallest absolute Gasteiger partial charge is 0.135 e. The molecule has 62 valence electrons. The molecule has 12 heavy (non-hydrogen) atoms. The zero-order valence-electron chi connectivity index (χ0n) is 6.69. The minimum absolute atomic E-state index is 0.0195. The first-order valence-corrected chi connectivity index (χ1v) is 3.75. The third-order valence-corrected chi connectivity index (χ3v) is 1.80. The molecule has 0 aliphatic heterocycles. The Kier molecular flexibility index (Phi) is 1.55. The van der Waals surface area contributed by atoms with Gasteiger partial charge in [-0.3, -0.25) is 0 Å². The molecule has 0 bridgehead atoms. The van der Waals surface area contributed by atoms with E-state index in [1.165, 1.54) is 0 Å². The van der Waals surface area contributed by atoms with Crippen molar-refractivity contribution in [3.63, 3.8) is 0 Å². The zero-order chi connectivity index (χ0) is 8.55. The van der Waals surface area contributed by atoms with Gasteiger partial charge >= 0.3 is 0 Å². The second kappa shape index (κ2) is 2.57. The number of nitrogens with zero attached hydrogens (tertiary/aromatic N) is 2. The SMILES string of the molecule is C[C@@H](N)c1ccc2nonc2c1. The quantitative estimate of drug-likeness (QED) is 0.686. The van der Waals surface area contributed by atoms with E-state index in [9.17, 15) is 0 Å². The maximum absolute atomic E-state index is 5.69. The van der Waals surface area contributed by atoms with Crippen molar-refractivity contribution >= 4 is 11.0 Å². The van der Waals surface area contributed by atoms with E-state index >= 15 is 0 Å². The highest BCUT2D eigenvalue weighted by Crippen LogP contribution is 2.15. The van der Waals surface area contributed by atoms with Gasteiger partial charge in [-0.2, -0.15) is 0 Å². The van der Waals surface area contributed by atoms with Crippen LogP contribution >= 0.6 is 0 Å². The van der Waals surface area contributed by atoms with Gasteiger partial charge in [0.2, 0.25) is 0 Å². The first kappa shape index (κ1) is 7.24. The van der Waals surface area contributed by atoms with Crippen LogP contribution in [0.15, 0.2) is 22.8 Å². The monoisotopic (exact) mass is 163 g/mol. The van der Waals surface area contributed by atoms with Crippen LogP contribution in [-0.4, -0.2) is 10.3 Å². The van der Waals surface area contributed by atoms with Gasteiger partial charge in [-0.05, 0) is 34.9 Å². The molecule has 0 spiro atoms. The third-order valence-electron chi connectivity index (χ3n) is 1.80. The van der Waals surface area contributed by atoms with Gasteiger partial charge in [0, 0.05) is 6.04 Å². The molecule has 0 unspecified atom stereocenters. The molecular formula is C8H9N3O. The molecule has 2 rings (SSSR count). The molecule has 0 saturated carbocycles.